The number of anilines is 2. The molecule has 7 heteroatoms. The van der Waals surface area contributed by atoms with Gasteiger partial charge in [0.15, 0.2) is 0 Å². The molecule has 1 unspecified atom stereocenters. The summed E-state index contributed by atoms with van der Waals surface area (Å²) in [6, 6.07) is 39.5. The molecule has 6 nitrogen and oxygen atoms in total. The van der Waals surface area contributed by atoms with Crippen molar-refractivity contribution in [2.75, 3.05) is 10.6 Å². The minimum atomic E-state index is -0.548. The molecule has 0 aliphatic carbocycles. The molecule has 5 aromatic rings. The predicted molar refractivity (Wildman–Crippen MR) is 192 cm³/mol. The van der Waals surface area contributed by atoms with Crippen LogP contribution in [0.1, 0.15) is 50.3 Å². The van der Waals surface area contributed by atoms with E-state index in [0.29, 0.717) is 11.3 Å². The molecule has 0 radical (unpaired) electrons. The minimum absolute atomic E-state index is 0.109. The Labute approximate surface area is 280 Å². The smallest absolute Gasteiger partial charge is 0.272 e. The number of amides is 3. The van der Waals surface area contributed by atoms with Crippen LogP contribution in [0.2, 0.25) is 0 Å². The topological polar surface area (TPSA) is 87.3 Å². The summed E-state index contributed by atoms with van der Waals surface area (Å²) in [6.45, 7) is 6.01. The van der Waals surface area contributed by atoms with Crippen molar-refractivity contribution in [3.63, 3.8) is 0 Å². The highest BCUT2D eigenvalue weighted by Gasteiger charge is 2.24. The number of carbonyl (C=O) groups excluding carboxylic acids is 3. The summed E-state index contributed by atoms with van der Waals surface area (Å²) in [7, 11) is 0. The van der Waals surface area contributed by atoms with Crippen LogP contribution in [0.5, 0.6) is 0 Å². The van der Waals surface area contributed by atoms with Gasteiger partial charge in [-0.1, -0.05) is 104 Å². The number of aryl methyl sites for hydroxylation is 3. The van der Waals surface area contributed by atoms with E-state index in [0.717, 1.165) is 44.8 Å². The van der Waals surface area contributed by atoms with Crippen LogP contribution in [-0.4, -0.2) is 17.7 Å². The molecule has 0 aliphatic rings. The molecule has 0 heterocycles. The number of rotatable bonds is 11. The molecule has 0 bridgehead atoms. The first-order valence-corrected chi connectivity index (χ1v) is 16.4. The van der Waals surface area contributed by atoms with Crippen molar-refractivity contribution in [3.8, 4) is 0 Å². The van der Waals surface area contributed by atoms with E-state index < -0.39 is 11.2 Å². The first-order chi connectivity index (χ1) is 22.8. The molecule has 0 aromatic heterocycles. The lowest BCUT2D eigenvalue weighted by molar-refractivity contribution is -0.116. The number of para-hydroxylation sites is 1. The zero-order valence-corrected chi connectivity index (χ0v) is 27.4. The maximum Gasteiger partial charge on any atom is 0.272 e. The van der Waals surface area contributed by atoms with Gasteiger partial charge in [0.1, 0.15) is 10.9 Å². The highest BCUT2D eigenvalue weighted by Crippen LogP contribution is 2.38. The number of nitrogens with one attached hydrogen (secondary N) is 3. The van der Waals surface area contributed by atoms with E-state index in [1.165, 1.54) is 11.8 Å². The van der Waals surface area contributed by atoms with E-state index in [1.807, 2.05) is 111 Å². The second-order valence-corrected chi connectivity index (χ2v) is 12.3. The molecule has 0 saturated carbocycles. The Morgan fingerprint density at radius 1 is 0.723 bits per heavy atom. The highest BCUT2D eigenvalue weighted by atomic mass is 32.2. The van der Waals surface area contributed by atoms with Crippen molar-refractivity contribution in [1.82, 2.24) is 5.32 Å². The third kappa shape index (κ3) is 8.66. The number of benzene rings is 5. The predicted octanol–water partition coefficient (Wildman–Crippen LogP) is 8.75. The monoisotopic (exact) mass is 639 g/mol. The maximum absolute atomic E-state index is 13.9. The van der Waals surface area contributed by atoms with Crippen LogP contribution < -0.4 is 16.0 Å². The first-order valence-electron chi connectivity index (χ1n) is 15.5. The fraction of sp³-hybridized carbons (Fsp3) is 0.125. The van der Waals surface area contributed by atoms with Gasteiger partial charge in [0.05, 0.1) is 0 Å². The normalized spacial score (nSPS) is 11.8. The van der Waals surface area contributed by atoms with Crippen LogP contribution in [0.3, 0.4) is 0 Å². The molecule has 236 valence electrons. The van der Waals surface area contributed by atoms with Crippen molar-refractivity contribution < 1.29 is 14.4 Å². The zero-order chi connectivity index (χ0) is 33.2. The van der Waals surface area contributed by atoms with E-state index in [9.17, 15) is 14.4 Å². The third-order valence-corrected chi connectivity index (χ3v) is 8.94. The van der Waals surface area contributed by atoms with Crippen LogP contribution in [-0.2, 0) is 16.0 Å². The molecule has 3 amide bonds. The van der Waals surface area contributed by atoms with Gasteiger partial charge in [0.25, 0.3) is 11.8 Å². The van der Waals surface area contributed by atoms with Crippen molar-refractivity contribution >= 4 is 46.9 Å². The number of hydrogen-bond donors (Lipinski definition) is 3. The number of thioether (sulfide) groups is 1. The lowest BCUT2D eigenvalue weighted by atomic mass is 10.1. The molecule has 5 aromatic carbocycles. The zero-order valence-electron chi connectivity index (χ0n) is 26.6. The fourth-order valence-corrected chi connectivity index (χ4v) is 6.20. The molecule has 47 heavy (non-hydrogen) atoms. The van der Waals surface area contributed by atoms with Crippen molar-refractivity contribution in [2.24, 2.45) is 0 Å². The summed E-state index contributed by atoms with van der Waals surface area (Å²) < 4.78 is 0. The molecular formula is C40H37N3O3S. The number of hydrogen-bond acceptors (Lipinski definition) is 4. The summed E-state index contributed by atoms with van der Waals surface area (Å²) in [6.07, 6.45) is 2.48. The average molecular weight is 640 g/mol. The van der Waals surface area contributed by atoms with E-state index in [-0.39, 0.29) is 17.5 Å². The Bertz CT molecular complexity index is 1910. The summed E-state index contributed by atoms with van der Waals surface area (Å²) in [5.41, 5.74) is 6.65. The van der Waals surface area contributed by atoms with Gasteiger partial charge in [0, 0.05) is 21.8 Å². The Balaban J connectivity index is 1.40. The van der Waals surface area contributed by atoms with E-state index in [4.69, 9.17) is 0 Å². The Kier molecular flexibility index (Phi) is 11.0. The van der Waals surface area contributed by atoms with Crippen LogP contribution in [0, 0.1) is 13.8 Å². The summed E-state index contributed by atoms with van der Waals surface area (Å²) in [4.78, 5) is 41.4. The Hall–Kier alpha value is -5.40. The summed E-state index contributed by atoms with van der Waals surface area (Å²) in [5.74, 6) is -0.989. The van der Waals surface area contributed by atoms with Gasteiger partial charge >= 0.3 is 0 Å². The lowest BCUT2D eigenvalue weighted by Crippen LogP contribution is -2.30. The summed E-state index contributed by atoms with van der Waals surface area (Å²) in [5, 5.41) is 8.39. The van der Waals surface area contributed by atoms with Gasteiger partial charge in [0.2, 0.25) is 5.91 Å². The molecule has 5 rings (SSSR count). The van der Waals surface area contributed by atoms with Gasteiger partial charge in [-0.25, -0.2) is 0 Å². The third-order valence-electron chi connectivity index (χ3n) is 7.69. The highest BCUT2D eigenvalue weighted by molar-refractivity contribution is 8.00. The molecule has 0 spiro atoms. The standard InChI is InChI=1S/C40H37N3O3S/c1-4-29-22-13-16-28(3)36(29)43-40(46)37(30-17-7-5-8-18-30)47-34-24-14-23-33(26-34)41-39(45)35(25-32-21-12-11-15-27(32)2)42-38(44)31-19-9-6-10-20-31/h5-26,37H,4H2,1-3H3,(H,41,45)(H,42,44)(H,43,46)/b35-25-. The van der Waals surface area contributed by atoms with Gasteiger partial charge in [-0.2, -0.15) is 0 Å². The molecule has 0 fully saturated rings. The van der Waals surface area contributed by atoms with Gasteiger partial charge in [-0.3, -0.25) is 14.4 Å². The maximum atomic E-state index is 13.9. The largest absolute Gasteiger partial charge is 0.324 e. The minimum Gasteiger partial charge on any atom is -0.324 e. The Morgan fingerprint density at radius 2 is 1.38 bits per heavy atom. The Morgan fingerprint density at radius 3 is 2.11 bits per heavy atom. The fourth-order valence-electron chi connectivity index (χ4n) is 5.12. The SMILES string of the molecule is CCc1cccc(C)c1NC(=O)C(Sc1cccc(NC(=O)/C(=C/c2ccccc2C)NC(=O)c2ccccc2)c1)c1ccccc1. The van der Waals surface area contributed by atoms with Crippen molar-refractivity contribution in [3.05, 3.63) is 166 Å². The van der Waals surface area contributed by atoms with Crippen LogP contribution >= 0.6 is 11.8 Å². The molecule has 3 N–H and O–H groups in total. The quantitative estimate of drug-likeness (QED) is 0.0996. The van der Waals surface area contributed by atoms with Gasteiger partial charge in [-0.15, -0.1) is 11.8 Å². The first kappa shape index (κ1) is 33.0. The van der Waals surface area contributed by atoms with E-state index in [1.54, 1.807) is 36.4 Å². The van der Waals surface area contributed by atoms with E-state index in [2.05, 4.69) is 22.9 Å². The average Bonchev–Trinajstić information content (AvgIpc) is 3.09. The molecule has 1 atom stereocenters. The number of carbonyl (C=O) groups is 3. The molecule has 0 saturated heterocycles. The molecular weight excluding hydrogens is 603 g/mol. The van der Waals surface area contributed by atoms with Crippen molar-refractivity contribution in [1.29, 1.82) is 0 Å². The van der Waals surface area contributed by atoms with Crippen LogP contribution in [0.15, 0.2) is 138 Å². The molecule has 0 aliphatic heterocycles. The van der Waals surface area contributed by atoms with Gasteiger partial charge in [-0.05, 0) is 84.5 Å². The lowest BCUT2D eigenvalue weighted by Gasteiger charge is -2.20. The second kappa shape index (κ2) is 15.7. The van der Waals surface area contributed by atoms with E-state index >= 15 is 0 Å². The van der Waals surface area contributed by atoms with Crippen LogP contribution in [0.25, 0.3) is 6.08 Å². The van der Waals surface area contributed by atoms with Crippen LogP contribution in [0.4, 0.5) is 11.4 Å². The summed E-state index contributed by atoms with van der Waals surface area (Å²) >= 11 is 1.40. The second-order valence-electron chi connectivity index (χ2n) is 11.1. The van der Waals surface area contributed by atoms with Gasteiger partial charge < -0.3 is 16.0 Å². The van der Waals surface area contributed by atoms with Crippen molar-refractivity contribution in [2.45, 2.75) is 37.3 Å².